The third-order valence-electron chi connectivity index (χ3n) is 5.26. The summed E-state index contributed by atoms with van der Waals surface area (Å²) >= 11 is 4.63. The van der Waals surface area contributed by atoms with Crippen molar-refractivity contribution in [2.24, 2.45) is 5.10 Å². The number of hydrogen-bond donors (Lipinski definition) is 3. The van der Waals surface area contributed by atoms with Gasteiger partial charge >= 0.3 is 0 Å². The van der Waals surface area contributed by atoms with E-state index in [1.807, 2.05) is 65.2 Å². The van der Waals surface area contributed by atoms with Gasteiger partial charge in [-0.15, -0.1) is 10.2 Å². The van der Waals surface area contributed by atoms with E-state index in [4.69, 9.17) is 4.74 Å². The molecule has 0 aliphatic carbocycles. The highest BCUT2D eigenvalue weighted by atomic mass is 79.9. The van der Waals surface area contributed by atoms with Gasteiger partial charge in [-0.1, -0.05) is 64.1 Å². The third-order valence-corrected chi connectivity index (χ3v) is 6.76. The average molecular weight is 581 g/mol. The fourth-order valence-electron chi connectivity index (χ4n) is 3.38. The molecule has 0 unspecified atom stereocenters. The highest BCUT2D eigenvalue weighted by Gasteiger charge is 2.21. The van der Waals surface area contributed by atoms with Gasteiger partial charge in [0.1, 0.15) is 0 Å². The number of carbonyl (C=O) groups is 1. The van der Waals surface area contributed by atoms with Crippen molar-refractivity contribution in [3.63, 3.8) is 0 Å². The van der Waals surface area contributed by atoms with Crippen molar-refractivity contribution in [3.05, 3.63) is 88.7 Å². The van der Waals surface area contributed by atoms with Crippen LogP contribution < -0.4 is 15.5 Å². The van der Waals surface area contributed by atoms with E-state index in [2.05, 4.69) is 42.0 Å². The second-order valence-electron chi connectivity index (χ2n) is 7.83. The van der Waals surface area contributed by atoms with Crippen LogP contribution in [0.3, 0.4) is 0 Å². The number of hydrazone groups is 1. The Kier molecular flexibility index (Phi) is 8.81. The molecule has 4 rings (SSSR count). The normalized spacial score (nSPS) is 11.9. The summed E-state index contributed by atoms with van der Waals surface area (Å²) in [4.78, 5) is 12.8. The molecule has 9 nitrogen and oxygen atoms in total. The molecule has 3 N–H and O–H groups in total. The molecule has 0 spiro atoms. The number of phenols is 1. The van der Waals surface area contributed by atoms with E-state index in [9.17, 15) is 9.90 Å². The Balaban J connectivity index is 1.47. The van der Waals surface area contributed by atoms with E-state index >= 15 is 0 Å². The maximum atomic E-state index is 12.8. The summed E-state index contributed by atoms with van der Waals surface area (Å²) in [6.45, 7) is 2.22. The number of hydrogen-bond acceptors (Lipinski definition) is 8. The van der Waals surface area contributed by atoms with Crippen molar-refractivity contribution in [3.8, 4) is 17.2 Å². The largest absolute Gasteiger partial charge is 0.504 e. The molecule has 0 aliphatic rings. The third kappa shape index (κ3) is 6.69. The molecule has 3 aromatic carbocycles. The van der Waals surface area contributed by atoms with Crippen molar-refractivity contribution in [2.75, 3.05) is 12.4 Å². The van der Waals surface area contributed by atoms with E-state index in [1.165, 1.54) is 25.1 Å². The number of thioether (sulfide) groups is 1. The van der Waals surface area contributed by atoms with Crippen LogP contribution in [0.15, 0.2) is 87.5 Å². The molecule has 0 saturated heterocycles. The lowest BCUT2D eigenvalue weighted by atomic mass is 10.2. The minimum absolute atomic E-state index is 0.0706. The number of anilines is 1. The molecule has 0 fully saturated rings. The SMILES string of the molecule is COc1cc(Br)cc(/C=N\NC(=O)[C@@H](C)Sc2nnc(CNc3ccccc3)n2-c2ccccc2)c1O. The predicted octanol–water partition coefficient (Wildman–Crippen LogP) is 4.99. The summed E-state index contributed by atoms with van der Waals surface area (Å²) in [5, 5.41) is 26.4. The molecular formula is C26H25BrN6O3S. The molecule has 0 radical (unpaired) electrons. The van der Waals surface area contributed by atoms with Gasteiger partial charge in [0.05, 0.1) is 25.1 Å². The number of phenolic OH excluding ortho intramolecular Hbond substituents is 1. The van der Waals surface area contributed by atoms with Crippen molar-refractivity contribution in [2.45, 2.75) is 23.9 Å². The fourth-order valence-corrected chi connectivity index (χ4v) is 4.72. The molecule has 37 heavy (non-hydrogen) atoms. The molecule has 1 heterocycles. The van der Waals surface area contributed by atoms with E-state index < -0.39 is 5.25 Å². The Morgan fingerprint density at radius 2 is 1.86 bits per heavy atom. The Bertz CT molecular complexity index is 1380. The molecule has 1 aromatic heterocycles. The summed E-state index contributed by atoms with van der Waals surface area (Å²) < 4.78 is 7.77. The van der Waals surface area contributed by atoms with E-state index in [0.717, 1.165) is 11.4 Å². The van der Waals surface area contributed by atoms with Gasteiger partial charge in [0.2, 0.25) is 0 Å². The second kappa shape index (κ2) is 12.4. The summed E-state index contributed by atoms with van der Waals surface area (Å²) in [6, 6.07) is 22.9. The zero-order valence-corrected chi connectivity index (χ0v) is 22.5. The van der Waals surface area contributed by atoms with Crippen LogP contribution in [0.2, 0.25) is 0 Å². The molecule has 0 saturated carbocycles. The summed E-state index contributed by atoms with van der Waals surface area (Å²) in [5.41, 5.74) is 4.78. The number of methoxy groups -OCH3 is 1. The molecular weight excluding hydrogens is 556 g/mol. The number of rotatable bonds is 10. The van der Waals surface area contributed by atoms with Gasteiger partial charge in [0.15, 0.2) is 22.5 Å². The Morgan fingerprint density at radius 3 is 2.57 bits per heavy atom. The van der Waals surface area contributed by atoms with E-state index in [0.29, 0.717) is 33.3 Å². The first-order valence-electron chi connectivity index (χ1n) is 11.3. The number of halogens is 1. The van der Waals surface area contributed by atoms with Crippen LogP contribution in [0.1, 0.15) is 18.3 Å². The van der Waals surface area contributed by atoms with Gasteiger partial charge in [0.25, 0.3) is 5.91 Å². The lowest BCUT2D eigenvalue weighted by Gasteiger charge is -2.13. The van der Waals surface area contributed by atoms with Crippen LogP contribution in [-0.4, -0.2) is 44.4 Å². The Hall–Kier alpha value is -3.83. The van der Waals surface area contributed by atoms with Crippen LogP contribution in [0.5, 0.6) is 11.5 Å². The molecule has 1 atom stereocenters. The van der Waals surface area contributed by atoms with Crippen molar-refractivity contribution in [1.82, 2.24) is 20.2 Å². The summed E-state index contributed by atoms with van der Waals surface area (Å²) in [7, 11) is 1.46. The molecule has 4 aromatic rings. The summed E-state index contributed by atoms with van der Waals surface area (Å²) in [5.74, 6) is 0.610. The van der Waals surface area contributed by atoms with Crippen molar-refractivity contribution in [1.29, 1.82) is 0 Å². The van der Waals surface area contributed by atoms with Gasteiger partial charge < -0.3 is 15.2 Å². The molecule has 11 heteroatoms. The number of para-hydroxylation sites is 2. The van der Waals surface area contributed by atoms with Crippen molar-refractivity contribution >= 4 is 45.5 Å². The minimum Gasteiger partial charge on any atom is -0.504 e. The smallest absolute Gasteiger partial charge is 0.253 e. The fraction of sp³-hybridized carbons (Fsp3) is 0.154. The van der Waals surface area contributed by atoms with Crippen LogP contribution in [0.4, 0.5) is 5.69 Å². The van der Waals surface area contributed by atoms with Crippen molar-refractivity contribution < 1.29 is 14.6 Å². The summed E-state index contributed by atoms with van der Waals surface area (Å²) in [6.07, 6.45) is 1.36. The van der Waals surface area contributed by atoms with Crippen LogP contribution in [-0.2, 0) is 11.3 Å². The number of nitrogens with one attached hydrogen (secondary N) is 2. The maximum absolute atomic E-state index is 12.8. The highest BCUT2D eigenvalue weighted by Crippen LogP contribution is 2.32. The van der Waals surface area contributed by atoms with Crippen LogP contribution in [0.25, 0.3) is 5.69 Å². The van der Waals surface area contributed by atoms with Gasteiger partial charge in [-0.05, 0) is 43.3 Å². The van der Waals surface area contributed by atoms with Crippen LogP contribution in [0, 0.1) is 0 Å². The number of ether oxygens (including phenoxy) is 1. The van der Waals surface area contributed by atoms with E-state index in [1.54, 1.807) is 19.1 Å². The van der Waals surface area contributed by atoms with Gasteiger partial charge in [-0.3, -0.25) is 9.36 Å². The predicted molar refractivity (Wildman–Crippen MR) is 149 cm³/mol. The quantitative estimate of drug-likeness (QED) is 0.137. The van der Waals surface area contributed by atoms with Gasteiger partial charge in [-0.2, -0.15) is 5.10 Å². The monoisotopic (exact) mass is 580 g/mol. The average Bonchev–Trinajstić information content (AvgIpc) is 3.32. The first-order valence-corrected chi connectivity index (χ1v) is 13.0. The van der Waals surface area contributed by atoms with Gasteiger partial charge in [0, 0.05) is 21.4 Å². The first kappa shape index (κ1) is 26.2. The zero-order chi connectivity index (χ0) is 26.2. The standard InChI is InChI=1S/C26H25BrN6O3S/c1-17(25(35)31-29-15-18-13-19(27)14-22(36-2)24(18)34)37-26-32-30-23(16-28-20-9-5-3-6-10-20)33(26)21-11-7-4-8-12-21/h3-15,17,28,34H,16H2,1-2H3,(H,31,35)/b29-15-/t17-/m1/s1. The number of carbonyl (C=O) groups excluding carboxylic acids is 1. The number of amides is 1. The number of aromatic hydroxyl groups is 1. The number of nitrogens with zero attached hydrogens (tertiary/aromatic N) is 4. The number of benzene rings is 3. The molecule has 0 bridgehead atoms. The second-order valence-corrected chi connectivity index (χ2v) is 10.1. The Morgan fingerprint density at radius 1 is 1.16 bits per heavy atom. The molecule has 0 aliphatic heterocycles. The lowest BCUT2D eigenvalue weighted by Crippen LogP contribution is -2.27. The Labute approximate surface area is 227 Å². The minimum atomic E-state index is -0.524. The molecule has 190 valence electrons. The van der Waals surface area contributed by atoms with Gasteiger partial charge in [-0.25, -0.2) is 5.43 Å². The molecule has 1 amide bonds. The maximum Gasteiger partial charge on any atom is 0.253 e. The highest BCUT2D eigenvalue weighted by molar-refractivity contribution is 9.10. The lowest BCUT2D eigenvalue weighted by molar-refractivity contribution is -0.120. The zero-order valence-electron chi connectivity index (χ0n) is 20.1. The van der Waals surface area contributed by atoms with E-state index in [-0.39, 0.29) is 11.7 Å². The number of aromatic nitrogens is 3. The first-order chi connectivity index (χ1) is 18.0. The topological polar surface area (TPSA) is 114 Å². The van der Waals surface area contributed by atoms with Crippen LogP contribution >= 0.6 is 27.7 Å².